The first-order valence-corrected chi connectivity index (χ1v) is 12.3. The topological polar surface area (TPSA) is 88.6 Å². The Morgan fingerprint density at radius 2 is 1.84 bits per heavy atom. The summed E-state index contributed by atoms with van der Waals surface area (Å²) in [6.45, 7) is 0.928. The van der Waals surface area contributed by atoms with Crippen molar-refractivity contribution in [3.8, 4) is 11.5 Å². The zero-order valence-electron chi connectivity index (χ0n) is 20.4. The van der Waals surface area contributed by atoms with Crippen molar-refractivity contribution in [2.45, 2.75) is 18.9 Å². The van der Waals surface area contributed by atoms with Gasteiger partial charge in [-0.3, -0.25) is 0 Å². The van der Waals surface area contributed by atoms with Crippen molar-refractivity contribution < 1.29 is 23.0 Å². The van der Waals surface area contributed by atoms with Crippen LogP contribution in [0.3, 0.4) is 0 Å². The van der Waals surface area contributed by atoms with Crippen molar-refractivity contribution >= 4 is 45.7 Å². The van der Waals surface area contributed by atoms with Gasteiger partial charge in [0.15, 0.2) is 17.3 Å². The number of carbonyl (C=O) groups excluding carboxylic acids is 1. The number of hydrogen-bond acceptors (Lipinski definition) is 6. The number of carbonyl (C=O) groups is 1. The molecule has 0 atom stereocenters. The Kier molecular flexibility index (Phi) is 7.41. The van der Waals surface area contributed by atoms with Gasteiger partial charge >= 0.3 is 6.03 Å². The van der Waals surface area contributed by atoms with Crippen LogP contribution in [-0.2, 0) is 0 Å². The summed E-state index contributed by atoms with van der Waals surface area (Å²) in [4.78, 5) is 22.9. The Hall–Kier alpha value is -4.18. The van der Waals surface area contributed by atoms with E-state index >= 15 is 0 Å². The predicted octanol–water partition coefficient (Wildman–Crippen LogP) is 6.39. The van der Waals surface area contributed by atoms with E-state index in [2.05, 4.69) is 20.6 Å². The minimum absolute atomic E-state index is 0.00462. The minimum Gasteiger partial charge on any atom is -0.493 e. The predicted molar refractivity (Wildman–Crippen MR) is 141 cm³/mol. The standard InChI is InChI=1S/C27H24ClF2N5O3/c1-37-23-14-22-19(26(32-15-31-22)34-21-7-3-6-20(28)25(21)30)13-24(23)38-18-8-10-35(11-9-18)27(36)33-17-5-2-4-16(29)12-17/h2-7,12-15,18H,8-11H2,1H3,(H,33,36)(H,31,32,34). The number of benzene rings is 3. The highest BCUT2D eigenvalue weighted by atomic mass is 35.5. The van der Waals surface area contributed by atoms with Crippen molar-refractivity contribution in [3.05, 3.63) is 77.6 Å². The second-order valence-electron chi connectivity index (χ2n) is 8.71. The van der Waals surface area contributed by atoms with E-state index in [-0.39, 0.29) is 22.8 Å². The summed E-state index contributed by atoms with van der Waals surface area (Å²) in [6, 6.07) is 13.6. The number of aromatic nitrogens is 2. The van der Waals surface area contributed by atoms with Gasteiger partial charge in [0.1, 0.15) is 24.1 Å². The molecule has 0 bridgehead atoms. The number of hydrogen-bond donors (Lipinski definition) is 2. The van der Waals surface area contributed by atoms with E-state index in [1.807, 2.05) is 0 Å². The summed E-state index contributed by atoms with van der Waals surface area (Å²) < 4.78 is 39.7. The van der Waals surface area contributed by atoms with E-state index in [0.29, 0.717) is 59.8 Å². The van der Waals surface area contributed by atoms with Gasteiger partial charge in [-0.1, -0.05) is 23.7 Å². The number of halogens is 3. The number of ether oxygens (including phenoxy) is 2. The monoisotopic (exact) mass is 539 g/mol. The molecule has 38 heavy (non-hydrogen) atoms. The van der Waals surface area contributed by atoms with Crippen molar-refractivity contribution in [1.82, 2.24) is 14.9 Å². The van der Waals surface area contributed by atoms with Gasteiger partial charge in [0.2, 0.25) is 0 Å². The van der Waals surface area contributed by atoms with Crippen LogP contribution in [0.2, 0.25) is 5.02 Å². The van der Waals surface area contributed by atoms with Crippen LogP contribution in [-0.4, -0.2) is 47.2 Å². The van der Waals surface area contributed by atoms with Crippen molar-refractivity contribution in [2.75, 3.05) is 30.8 Å². The maximum Gasteiger partial charge on any atom is 0.321 e. The highest BCUT2D eigenvalue weighted by Gasteiger charge is 2.25. The largest absolute Gasteiger partial charge is 0.493 e. The maximum atomic E-state index is 14.5. The molecule has 1 fully saturated rings. The summed E-state index contributed by atoms with van der Waals surface area (Å²) in [5, 5.41) is 6.31. The summed E-state index contributed by atoms with van der Waals surface area (Å²) in [7, 11) is 1.54. The fourth-order valence-electron chi connectivity index (χ4n) is 4.27. The third-order valence-corrected chi connectivity index (χ3v) is 6.52. The molecule has 0 spiro atoms. The number of amides is 2. The smallest absolute Gasteiger partial charge is 0.321 e. The van der Waals surface area contributed by atoms with Crippen molar-refractivity contribution in [3.63, 3.8) is 0 Å². The third-order valence-electron chi connectivity index (χ3n) is 6.22. The number of urea groups is 1. The number of piperidine rings is 1. The maximum absolute atomic E-state index is 14.5. The van der Waals surface area contributed by atoms with Crippen LogP contribution in [0, 0.1) is 11.6 Å². The molecule has 196 valence electrons. The summed E-state index contributed by atoms with van der Waals surface area (Å²) in [5.74, 6) is 0.349. The number of nitrogens with one attached hydrogen (secondary N) is 2. The first-order chi connectivity index (χ1) is 18.4. The molecule has 1 aromatic heterocycles. The third kappa shape index (κ3) is 5.55. The number of likely N-dealkylation sites (tertiary alicyclic amines) is 1. The van der Waals surface area contributed by atoms with Crippen LogP contribution in [0.5, 0.6) is 11.5 Å². The lowest BCUT2D eigenvalue weighted by Crippen LogP contribution is -2.43. The highest BCUT2D eigenvalue weighted by molar-refractivity contribution is 6.31. The van der Waals surface area contributed by atoms with Gasteiger partial charge in [-0.25, -0.2) is 23.5 Å². The van der Waals surface area contributed by atoms with Crippen molar-refractivity contribution in [1.29, 1.82) is 0 Å². The molecule has 0 radical (unpaired) electrons. The van der Waals surface area contributed by atoms with E-state index < -0.39 is 11.6 Å². The lowest BCUT2D eigenvalue weighted by Gasteiger charge is -2.32. The molecular formula is C27H24ClF2N5O3. The van der Waals surface area contributed by atoms with Crippen LogP contribution in [0.4, 0.5) is 30.8 Å². The molecule has 1 aliphatic rings. The Balaban J connectivity index is 1.30. The molecule has 4 aromatic rings. The van der Waals surface area contributed by atoms with Gasteiger partial charge in [-0.05, 0) is 36.4 Å². The van der Waals surface area contributed by atoms with Crippen LogP contribution in [0.1, 0.15) is 12.8 Å². The molecule has 2 heterocycles. The molecule has 11 heteroatoms. The first-order valence-electron chi connectivity index (χ1n) is 11.9. The Labute approximate surface area is 222 Å². The van der Waals surface area contributed by atoms with Gasteiger partial charge in [0.05, 0.1) is 23.3 Å². The number of fused-ring (bicyclic) bond motifs is 1. The molecule has 0 aliphatic carbocycles. The normalized spacial score (nSPS) is 13.8. The van der Waals surface area contributed by atoms with Gasteiger partial charge in [-0.15, -0.1) is 0 Å². The molecule has 1 aliphatic heterocycles. The number of methoxy groups -OCH3 is 1. The van der Waals surface area contributed by atoms with E-state index in [9.17, 15) is 13.6 Å². The van der Waals surface area contributed by atoms with E-state index in [1.165, 1.54) is 31.6 Å². The average Bonchev–Trinajstić information content (AvgIpc) is 2.91. The van der Waals surface area contributed by atoms with Gasteiger partial charge in [0.25, 0.3) is 0 Å². The Morgan fingerprint density at radius 1 is 1.05 bits per heavy atom. The summed E-state index contributed by atoms with van der Waals surface area (Å²) in [5.41, 5.74) is 1.16. The van der Waals surface area contributed by atoms with Crippen LogP contribution in [0.25, 0.3) is 10.9 Å². The fraction of sp³-hybridized carbons (Fsp3) is 0.222. The van der Waals surface area contributed by atoms with Crippen LogP contribution >= 0.6 is 11.6 Å². The quantitative estimate of drug-likeness (QED) is 0.295. The van der Waals surface area contributed by atoms with Gasteiger partial charge < -0.3 is 25.0 Å². The summed E-state index contributed by atoms with van der Waals surface area (Å²) in [6.07, 6.45) is 2.37. The SMILES string of the molecule is COc1cc2ncnc(Nc3cccc(Cl)c3F)c2cc1OC1CCN(C(=O)Nc2cccc(F)c2)CC1. The zero-order valence-corrected chi connectivity index (χ0v) is 21.1. The molecule has 2 N–H and O–H groups in total. The van der Waals surface area contributed by atoms with E-state index in [1.54, 1.807) is 41.3 Å². The molecule has 2 amide bonds. The number of nitrogens with zero attached hydrogens (tertiary/aromatic N) is 3. The average molecular weight is 540 g/mol. The summed E-state index contributed by atoms with van der Waals surface area (Å²) >= 11 is 5.92. The first kappa shape index (κ1) is 25.5. The number of anilines is 3. The molecule has 0 saturated carbocycles. The van der Waals surface area contributed by atoms with Crippen molar-refractivity contribution in [2.24, 2.45) is 0 Å². The molecule has 3 aromatic carbocycles. The number of rotatable bonds is 6. The van der Waals surface area contributed by atoms with Crippen LogP contribution in [0.15, 0.2) is 60.9 Å². The highest BCUT2D eigenvalue weighted by Crippen LogP contribution is 2.37. The second-order valence-corrected chi connectivity index (χ2v) is 9.12. The van der Waals surface area contributed by atoms with Gasteiger partial charge in [-0.2, -0.15) is 0 Å². The molecule has 1 saturated heterocycles. The lowest BCUT2D eigenvalue weighted by atomic mass is 10.1. The lowest BCUT2D eigenvalue weighted by molar-refractivity contribution is 0.113. The van der Waals surface area contributed by atoms with Gasteiger partial charge in [0, 0.05) is 43.1 Å². The fourth-order valence-corrected chi connectivity index (χ4v) is 4.44. The molecule has 8 nitrogen and oxygen atoms in total. The zero-order chi connectivity index (χ0) is 26.6. The Morgan fingerprint density at radius 3 is 2.61 bits per heavy atom. The van der Waals surface area contributed by atoms with E-state index in [4.69, 9.17) is 21.1 Å². The Bertz CT molecular complexity index is 1480. The molecule has 5 rings (SSSR count). The van der Waals surface area contributed by atoms with E-state index in [0.717, 1.165) is 0 Å². The molecular weight excluding hydrogens is 516 g/mol. The second kappa shape index (κ2) is 11.1. The van der Waals surface area contributed by atoms with Crippen LogP contribution < -0.4 is 20.1 Å². The minimum atomic E-state index is -0.584. The molecule has 0 unspecified atom stereocenters.